The summed E-state index contributed by atoms with van der Waals surface area (Å²) in [5.41, 5.74) is 5.79. The van der Waals surface area contributed by atoms with Gasteiger partial charge >= 0.3 is 0 Å². The lowest BCUT2D eigenvalue weighted by Crippen LogP contribution is -2.28. The molecule has 2 heterocycles. The zero-order valence-corrected chi connectivity index (χ0v) is 12.4. The van der Waals surface area contributed by atoms with E-state index in [0.717, 1.165) is 30.6 Å². The number of aromatic nitrogens is 2. The highest BCUT2D eigenvalue weighted by Crippen LogP contribution is 2.41. The molecule has 0 bridgehead atoms. The summed E-state index contributed by atoms with van der Waals surface area (Å²) in [6, 6.07) is 3.60. The Morgan fingerprint density at radius 1 is 1.50 bits per heavy atom. The van der Waals surface area contributed by atoms with Crippen LogP contribution in [0.1, 0.15) is 55.2 Å². The summed E-state index contributed by atoms with van der Waals surface area (Å²) in [6.45, 7) is 2.65. The summed E-state index contributed by atoms with van der Waals surface area (Å²) < 4.78 is 11.3. The largest absolute Gasteiger partial charge is 0.367 e. The summed E-state index contributed by atoms with van der Waals surface area (Å²) in [5.74, 6) is 1.12. The predicted molar refractivity (Wildman–Crippen MR) is 76.4 cm³/mol. The minimum Gasteiger partial charge on any atom is -0.367 e. The molecular formula is C14H19N3O2S. The average Bonchev–Trinajstić information content (AvgIpc) is 3.20. The molecule has 20 heavy (non-hydrogen) atoms. The number of thiophene rings is 1. The van der Waals surface area contributed by atoms with Gasteiger partial charge < -0.3 is 15.0 Å². The monoisotopic (exact) mass is 293 g/mol. The standard InChI is InChI=1S/C14H19N3O2S/c1-2-18-14(7-3-4-8-14)13-16-12(19-17-13)11(15)10-6-5-9-20-10/h5-6,9,11H,2-4,7-8,15H2,1H3. The van der Waals surface area contributed by atoms with Crippen molar-refractivity contribution < 1.29 is 9.26 Å². The van der Waals surface area contributed by atoms with Crippen LogP contribution in [0, 0.1) is 0 Å². The molecule has 1 aliphatic carbocycles. The fraction of sp³-hybridized carbons (Fsp3) is 0.571. The Balaban J connectivity index is 1.86. The number of hydrogen-bond donors (Lipinski definition) is 1. The second-order valence-corrected chi connectivity index (χ2v) is 6.06. The summed E-state index contributed by atoms with van der Waals surface area (Å²) in [6.07, 6.45) is 4.18. The lowest BCUT2D eigenvalue weighted by molar-refractivity contribution is -0.0469. The van der Waals surface area contributed by atoms with Gasteiger partial charge in [-0.2, -0.15) is 4.98 Å². The molecule has 0 spiro atoms. The van der Waals surface area contributed by atoms with Gasteiger partial charge in [-0.05, 0) is 44.1 Å². The van der Waals surface area contributed by atoms with Crippen LogP contribution in [0.3, 0.4) is 0 Å². The lowest BCUT2D eigenvalue weighted by Gasteiger charge is -2.24. The zero-order chi connectivity index (χ0) is 14.0. The molecule has 0 amide bonds. The van der Waals surface area contributed by atoms with Crippen molar-refractivity contribution in [3.05, 3.63) is 34.1 Å². The molecule has 6 heteroatoms. The highest BCUT2D eigenvalue weighted by atomic mass is 32.1. The van der Waals surface area contributed by atoms with Crippen molar-refractivity contribution in [2.75, 3.05) is 6.61 Å². The number of nitrogens with zero attached hydrogens (tertiary/aromatic N) is 2. The van der Waals surface area contributed by atoms with Gasteiger partial charge in [-0.3, -0.25) is 0 Å². The third-order valence-electron chi connectivity index (χ3n) is 3.80. The van der Waals surface area contributed by atoms with Crippen LogP contribution in [-0.2, 0) is 10.3 Å². The van der Waals surface area contributed by atoms with E-state index in [1.807, 2.05) is 24.4 Å². The van der Waals surface area contributed by atoms with Crippen molar-refractivity contribution in [3.63, 3.8) is 0 Å². The van der Waals surface area contributed by atoms with Gasteiger partial charge in [0.15, 0.2) is 0 Å². The molecule has 1 unspecified atom stereocenters. The van der Waals surface area contributed by atoms with E-state index in [1.165, 1.54) is 0 Å². The van der Waals surface area contributed by atoms with Gasteiger partial charge in [0.1, 0.15) is 11.6 Å². The number of nitrogens with two attached hydrogens (primary N) is 1. The molecule has 1 atom stereocenters. The van der Waals surface area contributed by atoms with Gasteiger partial charge in [-0.15, -0.1) is 11.3 Å². The second kappa shape index (κ2) is 5.63. The first-order valence-electron chi connectivity index (χ1n) is 7.02. The van der Waals surface area contributed by atoms with E-state index in [1.54, 1.807) is 11.3 Å². The van der Waals surface area contributed by atoms with Crippen LogP contribution in [0.25, 0.3) is 0 Å². The van der Waals surface area contributed by atoms with Crippen LogP contribution in [0.4, 0.5) is 0 Å². The summed E-state index contributed by atoms with van der Waals surface area (Å²) in [7, 11) is 0. The second-order valence-electron chi connectivity index (χ2n) is 5.08. The van der Waals surface area contributed by atoms with E-state index in [2.05, 4.69) is 10.1 Å². The molecule has 0 saturated heterocycles. The quantitative estimate of drug-likeness (QED) is 0.917. The molecule has 0 aromatic carbocycles. The zero-order valence-electron chi connectivity index (χ0n) is 11.5. The molecule has 0 radical (unpaired) electrons. The normalized spacial score (nSPS) is 19.3. The first-order valence-corrected chi connectivity index (χ1v) is 7.90. The first kappa shape index (κ1) is 13.7. The maximum atomic E-state index is 6.16. The van der Waals surface area contributed by atoms with E-state index in [9.17, 15) is 0 Å². The first-order chi connectivity index (χ1) is 9.75. The summed E-state index contributed by atoms with van der Waals surface area (Å²) >= 11 is 1.59. The molecule has 2 aromatic heterocycles. The van der Waals surface area contributed by atoms with Gasteiger partial charge in [-0.25, -0.2) is 0 Å². The number of hydrogen-bond acceptors (Lipinski definition) is 6. The molecule has 3 rings (SSSR count). The molecule has 5 nitrogen and oxygen atoms in total. The van der Waals surface area contributed by atoms with E-state index in [4.69, 9.17) is 15.0 Å². The Kier molecular flexibility index (Phi) is 3.87. The summed E-state index contributed by atoms with van der Waals surface area (Å²) in [5, 5.41) is 6.12. The van der Waals surface area contributed by atoms with Crippen LogP contribution in [0.15, 0.2) is 22.0 Å². The molecular weight excluding hydrogens is 274 g/mol. The lowest BCUT2D eigenvalue weighted by atomic mass is 10.0. The van der Waals surface area contributed by atoms with E-state index < -0.39 is 0 Å². The molecule has 1 saturated carbocycles. The van der Waals surface area contributed by atoms with Crippen LogP contribution in [0.2, 0.25) is 0 Å². The van der Waals surface area contributed by atoms with Gasteiger partial charge in [0, 0.05) is 11.5 Å². The molecule has 1 fully saturated rings. The number of rotatable bonds is 5. The molecule has 2 aromatic rings. The Morgan fingerprint density at radius 2 is 2.30 bits per heavy atom. The Labute approximate surface area is 122 Å². The predicted octanol–water partition coefficient (Wildman–Crippen LogP) is 2.99. The maximum Gasteiger partial charge on any atom is 0.249 e. The van der Waals surface area contributed by atoms with Crippen LogP contribution in [-0.4, -0.2) is 16.7 Å². The molecule has 2 N–H and O–H groups in total. The van der Waals surface area contributed by atoms with Crippen molar-refractivity contribution in [3.8, 4) is 0 Å². The van der Waals surface area contributed by atoms with Crippen molar-refractivity contribution in [1.82, 2.24) is 10.1 Å². The fourth-order valence-corrected chi connectivity index (χ4v) is 3.51. The molecule has 108 valence electrons. The van der Waals surface area contributed by atoms with Crippen LogP contribution in [0.5, 0.6) is 0 Å². The highest BCUT2D eigenvalue weighted by Gasteiger charge is 2.41. The fourth-order valence-electron chi connectivity index (χ4n) is 2.79. The smallest absolute Gasteiger partial charge is 0.249 e. The third-order valence-corrected chi connectivity index (χ3v) is 4.75. The Morgan fingerprint density at radius 3 is 2.95 bits per heavy atom. The summed E-state index contributed by atoms with van der Waals surface area (Å²) in [4.78, 5) is 5.54. The Bertz CT molecular complexity index is 547. The van der Waals surface area contributed by atoms with Crippen molar-refractivity contribution in [2.24, 2.45) is 5.73 Å². The maximum absolute atomic E-state index is 6.16. The molecule has 0 aliphatic heterocycles. The number of ether oxygens (including phenoxy) is 1. The van der Waals surface area contributed by atoms with Crippen molar-refractivity contribution >= 4 is 11.3 Å². The highest BCUT2D eigenvalue weighted by molar-refractivity contribution is 7.10. The topological polar surface area (TPSA) is 74.2 Å². The van der Waals surface area contributed by atoms with E-state index >= 15 is 0 Å². The SMILES string of the molecule is CCOC1(c2noc(C(N)c3cccs3)n2)CCCC1. The van der Waals surface area contributed by atoms with Crippen LogP contribution < -0.4 is 5.73 Å². The van der Waals surface area contributed by atoms with E-state index in [-0.39, 0.29) is 11.6 Å². The van der Waals surface area contributed by atoms with Crippen molar-refractivity contribution in [2.45, 2.75) is 44.2 Å². The van der Waals surface area contributed by atoms with E-state index in [0.29, 0.717) is 18.3 Å². The average molecular weight is 293 g/mol. The van der Waals surface area contributed by atoms with Gasteiger partial charge in [0.25, 0.3) is 0 Å². The minimum atomic E-state index is -0.369. The van der Waals surface area contributed by atoms with Crippen LogP contribution >= 0.6 is 11.3 Å². The minimum absolute atomic E-state index is 0.351. The third kappa shape index (κ3) is 2.39. The van der Waals surface area contributed by atoms with Crippen molar-refractivity contribution in [1.29, 1.82) is 0 Å². The Hall–Kier alpha value is -1.24. The van der Waals surface area contributed by atoms with Gasteiger partial charge in [0.05, 0.1) is 0 Å². The molecule has 1 aliphatic rings. The van der Waals surface area contributed by atoms with Gasteiger partial charge in [0.2, 0.25) is 11.7 Å². The van der Waals surface area contributed by atoms with Gasteiger partial charge in [-0.1, -0.05) is 11.2 Å².